The Balaban J connectivity index is 1.86. The Morgan fingerprint density at radius 1 is 1.15 bits per heavy atom. The first-order valence-electron chi connectivity index (χ1n) is 13.3. The fourth-order valence-corrected chi connectivity index (χ4v) is 6.27. The van der Waals surface area contributed by atoms with E-state index in [2.05, 4.69) is 0 Å². The Labute approximate surface area is 237 Å². The van der Waals surface area contributed by atoms with Crippen LogP contribution in [0, 0.1) is 17.3 Å². The fourth-order valence-electron chi connectivity index (χ4n) is 6.27. The number of likely N-dealkylation sites (N-methyl/N-ethyl adjacent to an activating group) is 1. The molecule has 0 spiro atoms. The molecule has 0 heterocycles. The minimum atomic E-state index is -2.73. The van der Waals surface area contributed by atoms with Gasteiger partial charge in [0, 0.05) is 23.6 Å². The molecule has 0 unspecified atom stereocenters. The average molecular weight is 572 g/mol. The fraction of sp³-hybridized carbons (Fsp3) is 0.517. The molecule has 3 aliphatic rings. The van der Waals surface area contributed by atoms with E-state index in [1.165, 1.54) is 19.0 Å². The predicted molar refractivity (Wildman–Crippen MR) is 146 cm³/mol. The van der Waals surface area contributed by atoms with E-state index in [0.29, 0.717) is 11.1 Å². The average Bonchev–Trinajstić information content (AvgIpc) is 2.85. The van der Waals surface area contributed by atoms with E-state index in [-0.39, 0.29) is 54.5 Å². The van der Waals surface area contributed by atoms with Crippen LogP contribution in [0.15, 0.2) is 23.0 Å². The number of rotatable bonds is 6. The highest BCUT2D eigenvalue weighted by atomic mass is 16.5. The van der Waals surface area contributed by atoms with Gasteiger partial charge in [-0.2, -0.15) is 0 Å². The number of nitrogens with zero attached hydrogens (tertiary/aromatic N) is 1. The number of nitrogens with two attached hydrogens (primary N) is 2. The predicted octanol–water partition coefficient (Wildman–Crippen LogP) is 0.555. The zero-order valence-corrected chi connectivity index (χ0v) is 23.8. The third kappa shape index (κ3) is 4.79. The number of hydrogen-bond donors (Lipinski definition) is 6. The third-order valence-corrected chi connectivity index (χ3v) is 8.11. The van der Waals surface area contributed by atoms with Crippen LogP contribution in [0.5, 0.6) is 5.75 Å². The van der Waals surface area contributed by atoms with Crippen molar-refractivity contribution in [3.05, 3.63) is 45.2 Å². The molecule has 222 valence electrons. The van der Waals surface area contributed by atoms with E-state index in [1.54, 1.807) is 6.07 Å². The van der Waals surface area contributed by atoms with Crippen LogP contribution >= 0.6 is 0 Å². The lowest BCUT2D eigenvalue weighted by Crippen LogP contribution is -2.65. The molecule has 0 saturated heterocycles. The molecule has 41 heavy (non-hydrogen) atoms. The molecule has 0 aromatic heterocycles. The number of benzene rings is 1. The van der Waals surface area contributed by atoms with E-state index in [9.17, 15) is 39.6 Å². The lowest BCUT2D eigenvalue weighted by Gasteiger charge is -2.50. The summed E-state index contributed by atoms with van der Waals surface area (Å²) in [6.45, 7) is 5.82. The van der Waals surface area contributed by atoms with Crippen LogP contribution < -0.4 is 11.5 Å². The molecule has 4 atom stereocenters. The second kappa shape index (κ2) is 10.3. The van der Waals surface area contributed by atoms with Crippen LogP contribution in [0.3, 0.4) is 0 Å². The molecule has 12 heteroatoms. The van der Waals surface area contributed by atoms with Crippen molar-refractivity contribution in [2.24, 2.45) is 28.7 Å². The van der Waals surface area contributed by atoms with Crippen LogP contribution in [0.4, 0.5) is 0 Å². The number of carbonyl (C=O) groups is 4. The van der Waals surface area contributed by atoms with Gasteiger partial charge in [-0.3, -0.25) is 24.1 Å². The van der Waals surface area contributed by atoms with Crippen LogP contribution in [0.2, 0.25) is 0 Å². The van der Waals surface area contributed by atoms with E-state index in [0.717, 1.165) is 0 Å². The SMILES string of the molecule is CN(C)[C@@H]1C(=O)C(C(N)=O)=C(O)[C@@]2(O)C(=O)C3=C(O)c4c(O)c(CC(=O)OCC(C)(C)C)cc(CN)c4C[C@H]3C[C@@H]12. The Kier molecular flexibility index (Phi) is 7.57. The summed E-state index contributed by atoms with van der Waals surface area (Å²) in [5.41, 5.74) is 8.20. The lowest BCUT2D eigenvalue weighted by molar-refractivity contribution is -0.153. The largest absolute Gasteiger partial charge is 0.508 e. The van der Waals surface area contributed by atoms with Gasteiger partial charge in [-0.15, -0.1) is 0 Å². The minimum Gasteiger partial charge on any atom is -0.508 e. The molecular weight excluding hydrogens is 534 g/mol. The Bertz CT molecular complexity index is 1420. The minimum absolute atomic E-state index is 0.00635. The lowest BCUT2D eigenvalue weighted by atomic mass is 9.57. The highest BCUT2D eigenvalue weighted by Gasteiger charge is 2.64. The number of ether oxygens (including phenoxy) is 1. The number of amides is 1. The van der Waals surface area contributed by atoms with Crippen molar-refractivity contribution >= 4 is 29.2 Å². The summed E-state index contributed by atoms with van der Waals surface area (Å²) in [6, 6.07) is 0.392. The maximum atomic E-state index is 14.0. The summed E-state index contributed by atoms with van der Waals surface area (Å²) >= 11 is 0. The van der Waals surface area contributed by atoms with Gasteiger partial charge in [-0.1, -0.05) is 20.8 Å². The van der Waals surface area contributed by atoms with Crippen LogP contribution in [0.25, 0.3) is 5.76 Å². The molecule has 1 fully saturated rings. The van der Waals surface area contributed by atoms with Gasteiger partial charge in [0.25, 0.3) is 5.91 Å². The summed E-state index contributed by atoms with van der Waals surface area (Å²) in [5.74, 6) is -7.98. The van der Waals surface area contributed by atoms with Crippen molar-refractivity contribution < 1.29 is 44.3 Å². The molecule has 0 radical (unpaired) electrons. The van der Waals surface area contributed by atoms with Crippen molar-refractivity contribution in [2.45, 2.75) is 58.2 Å². The van der Waals surface area contributed by atoms with Gasteiger partial charge in [0.2, 0.25) is 5.78 Å². The number of Topliss-reactive ketones (excluding diaryl/α,β-unsaturated/α-hetero) is 2. The van der Waals surface area contributed by atoms with Crippen LogP contribution in [-0.4, -0.2) is 81.1 Å². The number of aliphatic hydroxyl groups is 3. The number of aromatic hydroxyl groups is 1. The highest BCUT2D eigenvalue weighted by molar-refractivity contribution is 6.24. The summed E-state index contributed by atoms with van der Waals surface area (Å²) in [6.07, 6.45) is -0.243. The Hall–Kier alpha value is -3.74. The number of ketones is 2. The van der Waals surface area contributed by atoms with Crippen molar-refractivity contribution in [2.75, 3.05) is 20.7 Å². The van der Waals surface area contributed by atoms with Gasteiger partial charge >= 0.3 is 5.97 Å². The molecule has 3 aliphatic carbocycles. The maximum Gasteiger partial charge on any atom is 0.310 e. The standard InChI is InChI=1S/C29H37N3O9/c1-28(2,3)11-41-17(33)9-13-6-14(10-30)15-7-12-8-16-21(32(4)5)24(36)20(27(31)39)26(38)29(16,40)25(37)18(12)23(35)19(15)22(13)34/h6,12,16,21,34-35,38,40H,7-11,30H2,1-5H3,(H2,31,39)/t12-,16-,21-,29-/m0/s1. The highest BCUT2D eigenvalue weighted by Crippen LogP contribution is 2.53. The summed E-state index contributed by atoms with van der Waals surface area (Å²) in [7, 11) is 3.07. The van der Waals surface area contributed by atoms with E-state index in [4.69, 9.17) is 16.2 Å². The van der Waals surface area contributed by atoms with Crippen molar-refractivity contribution in [1.82, 2.24) is 4.90 Å². The number of phenols is 1. The molecule has 12 nitrogen and oxygen atoms in total. The van der Waals surface area contributed by atoms with Gasteiger partial charge in [0.1, 0.15) is 22.8 Å². The van der Waals surface area contributed by atoms with Gasteiger partial charge in [-0.25, -0.2) is 0 Å². The van der Waals surface area contributed by atoms with Crippen molar-refractivity contribution in [1.29, 1.82) is 0 Å². The number of carbonyl (C=O) groups excluding carboxylic acids is 4. The molecule has 1 saturated carbocycles. The quantitative estimate of drug-likeness (QED) is 0.205. The smallest absolute Gasteiger partial charge is 0.310 e. The van der Waals surface area contributed by atoms with Crippen LogP contribution in [-0.2, 0) is 43.3 Å². The second-order valence-corrected chi connectivity index (χ2v) is 12.5. The monoisotopic (exact) mass is 571 g/mol. The van der Waals surface area contributed by atoms with E-state index in [1.807, 2.05) is 20.8 Å². The molecule has 8 N–H and O–H groups in total. The zero-order valence-electron chi connectivity index (χ0n) is 23.8. The zero-order chi connectivity index (χ0) is 30.8. The van der Waals surface area contributed by atoms with Crippen molar-refractivity contribution in [3.8, 4) is 5.75 Å². The van der Waals surface area contributed by atoms with Crippen LogP contribution in [0.1, 0.15) is 49.4 Å². The summed E-state index contributed by atoms with van der Waals surface area (Å²) in [5, 5.41) is 45.3. The number of hydrogen-bond acceptors (Lipinski definition) is 11. The molecule has 1 aromatic carbocycles. The third-order valence-electron chi connectivity index (χ3n) is 8.11. The first kappa shape index (κ1) is 30.2. The molecule has 0 aliphatic heterocycles. The maximum absolute atomic E-state index is 14.0. The van der Waals surface area contributed by atoms with Gasteiger partial charge < -0.3 is 36.6 Å². The summed E-state index contributed by atoms with van der Waals surface area (Å²) < 4.78 is 5.32. The number of aliphatic hydroxyl groups excluding tert-OH is 2. The molecule has 1 aromatic rings. The molecular formula is C29H37N3O9. The Morgan fingerprint density at radius 3 is 2.32 bits per heavy atom. The van der Waals surface area contributed by atoms with E-state index < -0.39 is 69.8 Å². The summed E-state index contributed by atoms with van der Waals surface area (Å²) in [4.78, 5) is 53.3. The van der Waals surface area contributed by atoms with Gasteiger partial charge in [0.15, 0.2) is 11.4 Å². The first-order valence-corrected chi connectivity index (χ1v) is 13.3. The van der Waals surface area contributed by atoms with Gasteiger partial charge in [0.05, 0.1) is 24.6 Å². The Morgan fingerprint density at radius 2 is 1.78 bits per heavy atom. The molecule has 4 rings (SSSR count). The normalized spacial score (nSPS) is 26.1. The van der Waals surface area contributed by atoms with E-state index >= 15 is 0 Å². The number of fused-ring (bicyclic) bond motifs is 3. The second-order valence-electron chi connectivity index (χ2n) is 12.5. The molecule has 0 bridgehead atoms. The van der Waals surface area contributed by atoms with Crippen molar-refractivity contribution in [3.63, 3.8) is 0 Å². The number of phenolic OH excluding ortho intramolecular Hbond substituents is 1. The topological polar surface area (TPSA) is 214 Å². The number of primary amides is 1. The number of esters is 1. The molecule has 1 amide bonds. The first-order chi connectivity index (χ1) is 18.9. The van der Waals surface area contributed by atoms with Gasteiger partial charge in [-0.05, 0) is 55.5 Å².